The number of hydrogen-bond acceptors (Lipinski definition) is 5. The Morgan fingerprint density at radius 1 is 1.50 bits per heavy atom. The lowest BCUT2D eigenvalue weighted by atomic mass is 10.2. The van der Waals surface area contributed by atoms with Crippen molar-refractivity contribution in [2.24, 2.45) is 0 Å². The van der Waals surface area contributed by atoms with E-state index in [4.69, 9.17) is 5.73 Å². The number of pyridine rings is 1. The number of anilines is 1. The summed E-state index contributed by atoms with van der Waals surface area (Å²) in [4.78, 5) is 15.1. The SMILES string of the molecule is CCOC(=O)c1cc(N)cnc1OCC(F)(F)C(F)F. The van der Waals surface area contributed by atoms with Gasteiger partial charge in [0.2, 0.25) is 5.88 Å². The van der Waals surface area contributed by atoms with Gasteiger partial charge in [-0.2, -0.15) is 8.78 Å². The van der Waals surface area contributed by atoms with E-state index in [1.165, 1.54) is 6.92 Å². The summed E-state index contributed by atoms with van der Waals surface area (Å²) in [6, 6.07) is 1.10. The van der Waals surface area contributed by atoms with Crippen LogP contribution in [0.15, 0.2) is 12.3 Å². The largest absolute Gasteiger partial charge is 0.470 e. The number of carbonyl (C=O) groups excluding carboxylic acids is 1. The first-order valence-corrected chi connectivity index (χ1v) is 5.49. The first kappa shape index (κ1) is 16.0. The maximum absolute atomic E-state index is 12.7. The van der Waals surface area contributed by atoms with Crippen LogP contribution in [-0.2, 0) is 4.74 Å². The Kier molecular flexibility index (Phi) is 5.12. The van der Waals surface area contributed by atoms with Crippen LogP contribution >= 0.6 is 0 Å². The molecule has 9 heteroatoms. The Balaban J connectivity index is 2.92. The third-order valence-electron chi connectivity index (χ3n) is 2.09. The first-order chi connectivity index (χ1) is 9.27. The van der Waals surface area contributed by atoms with Crippen molar-refractivity contribution in [1.82, 2.24) is 4.98 Å². The van der Waals surface area contributed by atoms with Gasteiger partial charge in [-0.1, -0.05) is 0 Å². The van der Waals surface area contributed by atoms with Crippen LogP contribution in [0.5, 0.6) is 5.88 Å². The van der Waals surface area contributed by atoms with Gasteiger partial charge in [0.05, 0.1) is 18.5 Å². The first-order valence-electron chi connectivity index (χ1n) is 5.49. The van der Waals surface area contributed by atoms with Crippen LogP contribution in [0, 0.1) is 0 Å². The predicted molar refractivity (Wildman–Crippen MR) is 61.1 cm³/mol. The van der Waals surface area contributed by atoms with Crippen molar-refractivity contribution in [3.05, 3.63) is 17.8 Å². The van der Waals surface area contributed by atoms with E-state index >= 15 is 0 Å². The van der Waals surface area contributed by atoms with Gasteiger partial charge >= 0.3 is 18.3 Å². The van der Waals surface area contributed by atoms with Gasteiger partial charge in [0.25, 0.3) is 0 Å². The molecule has 2 N–H and O–H groups in total. The molecular formula is C11H12F4N2O3. The van der Waals surface area contributed by atoms with E-state index in [2.05, 4.69) is 14.5 Å². The highest BCUT2D eigenvalue weighted by atomic mass is 19.3. The number of aromatic nitrogens is 1. The summed E-state index contributed by atoms with van der Waals surface area (Å²) in [6.45, 7) is -0.0582. The van der Waals surface area contributed by atoms with Crippen molar-refractivity contribution < 1.29 is 31.8 Å². The van der Waals surface area contributed by atoms with Crippen LogP contribution < -0.4 is 10.5 Å². The molecule has 1 heterocycles. The third-order valence-corrected chi connectivity index (χ3v) is 2.09. The molecule has 0 bridgehead atoms. The molecule has 0 radical (unpaired) electrons. The van der Waals surface area contributed by atoms with Crippen molar-refractivity contribution in [3.8, 4) is 5.88 Å². The maximum Gasteiger partial charge on any atom is 0.343 e. The molecule has 0 aliphatic heterocycles. The summed E-state index contributed by atoms with van der Waals surface area (Å²) in [5, 5.41) is 0. The summed E-state index contributed by atoms with van der Waals surface area (Å²) in [7, 11) is 0. The van der Waals surface area contributed by atoms with E-state index in [1.54, 1.807) is 0 Å². The van der Waals surface area contributed by atoms with E-state index in [0.29, 0.717) is 0 Å². The van der Waals surface area contributed by atoms with Gasteiger partial charge < -0.3 is 15.2 Å². The molecule has 20 heavy (non-hydrogen) atoms. The number of alkyl halides is 4. The smallest absolute Gasteiger partial charge is 0.343 e. The molecule has 0 spiro atoms. The lowest BCUT2D eigenvalue weighted by Crippen LogP contribution is -2.34. The zero-order valence-electron chi connectivity index (χ0n) is 10.4. The summed E-state index contributed by atoms with van der Waals surface area (Å²) in [5.74, 6) is -5.80. The average Bonchev–Trinajstić information content (AvgIpc) is 2.37. The number of halogens is 4. The molecule has 1 rings (SSSR count). The van der Waals surface area contributed by atoms with Crippen LogP contribution in [0.2, 0.25) is 0 Å². The molecule has 0 fully saturated rings. The quantitative estimate of drug-likeness (QED) is 0.643. The molecule has 0 aliphatic rings. The lowest BCUT2D eigenvalue weighted by molar-refractivity contribution is -0.148. The molecular weight excluding hydrogens is 284 g/mol. The van der Waals surface area contributed by atoms with Crippen LogP contribution in [0.3, 0.4) is 0 Å². The number of nitrogen functional groups attached to an aromatic ring is 1. The lowest BCUT2D eigenvalue weighted by Gasteiger charge is -2.16. The molecule has 0 aromatic carbocycles. The molecule has 0 aliphatic carbocycles. The van der Waals surface area contributed by atoms with Crippen LogP contribution in [0.4, 0.5) is 23.2 Å². The highest BCUT2D eigenvalue weighted by Gasteiger charge is 2.42. The molecule has 0 saturated carbocycles. The number of esters is 1. The van der Waals surface area contributed by atoms with Crippen molar-refractivity contribution >= 4 is 11.7 Å². The van der Waals surface area contributed by atoms with Gasteiger partial charge in [0.15, 0.2) is 6.61 Å². The molecule has 0 unspecified atom stereocenters. The minimum atomic E-state index is -4.35. The number of rotatable bonds is 6. The van der Waals surface area contributed by atoms with Crippen molar-refractivity contribution in [2.75, 3.05) is 18.9 Å². The Labute approximate surface area is 111 Å². The summed E-state index contributed by atoms with van der Waals surface area (Å²) in [6.07, 6.45) is -2.85. The number of carbonyl (C=O) groups is 1. The summed E-state index contributed by atoms with van der Waals surface area (Å²) < 4.78 is 58.6. The summed E-state index contributed by atoms with van der Waals surface area (Å²) in [5.41, 5.74) is 5.16. The molecule has 112 valence electrons. The Bertz CT molecular complexity index is 483. The van der Waals surface area contributed by atoms with E-state index in [1.807, 2.05) is 0 Å². The topological polar surface area (TPSA) is 74.4 Å². The van der Waals surface area contributed by atoms with Gasteiger partial charge in [-0.05, 0) is 13.0 Å². The molecule has 5 nitrogen and oxygen atoms in total. The predicted octanol–water partition coefficient (Wildman–Crippen LogP) is 2.12. The fraction of sp³-hybridized carbons (Fsp3) is 0.455. The Hall–Kier alpha value is -2.06. The van der Waals surface area contributed by atoms with E-state index in [-0.39, 0.29) is 17.9 Å². The van der Waals surface area contributed by atoms with Crippen LogP contribution in [-0.4, -0.2) is 36.5 Å². The van der Waals surface area contributed by atoms with Crippen molar-refractivity contribution in [3.63, 3.8) is 0 Å². The molecule has 0 amide bonds. The highest BCUT2D eigenvalue weighted by molar-refractivity contribution is 5.92. The van der Waals surface area contributed by atoms with Gasteiger partial charge in [-0.15, -0.1) is 0 Å². The normalized spacial score (nSPS) is 11.5. The standard InChI is InChI=1S/C11H12F4N2O3/c1-2-19-9(18)7-3-6(16)4-17-8(7)20-5-11(14,15)10(12)13/h3-4,10H,2,5,16H2,1H3. The van der Waals surface area contributed by atoms with E-state index in [0.717, 1.165) is 12.3 Å². The number of nitrogens with zero attached hydrogens (tertiary/aromatic N) is 1. The zero-order chi connectivity index (χ0) is 15.3. The van der Waals surface area contributed by atoms with E-state index < -0.39 is 30.8 Å². The highest BCUT2D eigenvalue weighted by Crippen LogP contribution is 2.26. The Morgan fingerprint density at radius 3 is 2.70 bits per heavy atom. The minimum absolute atomic E-state index is 0.0280. The number of nitrogens with two attached hydrogens (primary N) is 1. The maximum atomic E-state index is 12.7. The summed E-state index contributed by atoms with van der Waals surface area (Å²) >= 11 is 0. The fourth-order valence-corrected chi connectivity index (χ4v) is 1.17. The van der Waals surface area contributed by atoms with Gasteiger partial charge in [-0.25, -0.2) is 18.6 Å². The second-order valence-corrected chi connectivity index (χ2v) is 3.69. The fourth-order valence-electron chi connectivity index (χ4n) is 1.17. The van der Waals surface area contributed by atoms with Crippen molar-refractivity contribution in [1.29, 1.82) is 0 Å². The molecule has 0 saturated heterocycles. The van der Waals surface area contributed by atoms with Gasteiger partial charge in [0, 0.05) is 0 Å². The average molecular weight is 296 g/mol. The molecule has 0 atom stereocenters. The number of ether oxygens (including phenoxy) is 2. The van der Waals surface area contributed by atoms with E-state index in [9.17, 15) is 22.4 Å². The van der Waals surface area contributed by atoms with Crippen LogP contribution in [0.25, 0.3) is 0 Å². The van der Waals surface area contributed by atoms with Gasteiger partial charge in [-0.3, -0.25) is 0 Å². The van der Waals surface area contributed by atoms with Gasteiger partial charge in [0.1, 0.15) is 5.56 Å². The second-order valence-electron chi connectivity index (χ2n) is 3.69. The second kappa shape index (κ2) is 6.40. The Morgan fingerprint density at radius 2 is 2.15 bits per heavy atom. The minimum Gasteiger partial charge on any atom is -0.470 e. The zero-order valence-corrected chi connectivity index (χ0v) is 10.4. The monoisotopic (exact) mass is 296 g/mol. The third kappa shape index (κ3) is 3.97. The number of hydrogen-bond donors (Lipinski definition) is 1. The van der Waals surface area contributed by atoms with Crippen LogP contribution in [0.1, 0.15) is 17.3 Å². The van der Waals surface area contributed by atoms with Crippen molar-refractivity contribution in [2.45, 2.75) is 19.3 Å². The molecule has 1 aromatic heterocycles. The molecule has 1 aromatic rings.